The maximum absolute atomic E-state index is 11.5. The Balaban J connectivity index is 1.90. The summed E-state index contributed by atoms with van der Waals surface area (Å²) in [5.41, 5.74) is 1.82. The molecule has 1 aliphatic heterocycles. The van der Waals surface area contributed by atoms with Crippen LogP contribution < -0.4 is 4.74 Å². The highest BCUT2D eigenvalue weighted by Crippen LogP contribution is 2.34. The van der Waals surface area contributed by atoms with Crippen LogP contribution in [0.1, 0.15) is 15.2 Å². The molecule has 0 amide bonds. The highest BCUT2D eigenvalue weighted by atomic mass is 32.1. The van der Waals surface area contributed by atoms with Crippen molar-refractivity contribution in [3.8, 4) is 16.2 Å². The van der Waals surface area contributed by atoms with Crippen LogP contribution in [0.4, 0.5) is 0 Å². The van der Waals surface area contributed by atoms with Crippen molar-refractivity contribution in [1.29, 1.82) is 0 Å². The number of fused-ring (bicyclic) bond motifs is 1. The van der Waals surface area contributed by atoms with Crippen LogP contribution in [0.2, 0.25) is 0 Å². The SMILES string of the molecule is COC(=O)c1ccc(-c2ccc3c(c2)CC(C(=O)O)CO3)s1. The van der Waals surface area contributed by atoms with Crippen molar-refractivity contribution in [2.45, 2.75) is 6.42 Å². The first kappa shape index (κ1) is 14.6. The van der Waals surface area contributed by atoms with Crippen molar-refractivity contribution in [2.24, 2.45) is 5.92 Å². The van der Waals surface area contributed by atoms with Crippen LogP contribution in [-0.4, -0.2) is 30.8 Å². The second-order valence-electron chi connectivity index (χ2n) is 5.03. The molecule has 6 heteroatoms. The third kappa shape index (κ3) is 2.69. The van der Waals surface area contributed by atoms with E-state index in [0.29, 0.717) is 11.3 Å². The Morgan fingerprint density at radius 1 is 1.32 bits per heavy atom. The van der Waals surface area contributed by atoms with Crippen LogP contribution in [0.5, 0.6) is 5.75 Å². The van der Waals surface area contributed by atoms with Gasteiger partial charge >= 0.3 is 11.9 Å². The molecule has 0 aliphatic carbocycles. The summed E-state index contributed by atoms with van der Waals surface area (Å²) in [6.07, 6.45) is 0.452. The molecule has 2 heterocycles. The molecule has 0 saturated carbocycles. The number of esters is 1. The van der Waals surface area contributed by atoms with Gasteiger partial charge in [-0.1, -0.05) is 0 Å². The number of ether oxygens (including phenoxy) is 2. The Bertz CT molecular complexity index is 734. The van der Waals surface area contributed by atoms with Crippen LogP contribution >= 0.6 is 11.3 Å². The van der Waals surface area contributed by atoms with Crippen LogP contribution in [0.3, 0.4) is 0 Å². The zero-order valence-corrected chi connectivity index (χ0v) is 12.7. The van der Waals surface area contributed by atoms with Crippen LogP contribution in [0, 0.1) is 5.92 Å². The third-order valence-electron chi connectivity index (χ3n) is 3.59. The number of thiophene rings is 1. The molecule has 1 aromatic carbocycles. The van der Waals surface area contributed by atoms with Gasteiger partial charge in [-0.2, -0.15) is 0 Å². The fourth-order valence-corrected chi connectivity index (χ4v) is 3.33. The van der Waals surface area contributed by atoms with Crippen LogP contribution in [-0.2, 0) is 16.0 Å². The van der Waals surface area contributed by atoms with Gasteiger partial charge in [-0.05, 0) is 47.9 Å². The van der Waals surface area contributed by atoms with Crippen LogP contribution in [0.15, 0.2) is 30.3 Å². The zero-order valence-electron chi connectivity index (χ0n) is 11.9. The van der Waals surface area contributed by atoms with Gasteiger partial charge in [0.25, 0.3) is 0 Å². The first-order valence-corrected chi connectivity index (χ1v) is 7.57. The number of carboxylic acid groups (broad SMARTS) is 1. The summed E-state index contributed by atoms with van der Waals surface area (Å²) in [5.74, 6) is -0.994. The number of benzene rings is 1. The van der Waals surface area contributed by atoms with Crippen molar-refractivity contribution < 1.29 is 24.2 Å². The summed E-state index contributed by atoms with van der Waals surface area (Å²) in [4.78, 5) is 24.1. The predicted molar refractivity (Wildman–Crippen MR) is 81.4 cm³/mol. The molecule has 1 aromatic heterocycles. The van der Waals surface area contributed by atoms with E-state index < -0.39 is 11.9 Å². The minimum atomic E-state index is -0.847. The van der Waals surface area contributed by atoms with Gasteiger partial charge in [-0.3, -0.25) is 4.79 Å². The molecule has 114 valence electrons. The monoisotopic (exact) mass is 318 g/mol. The van der Waals surface area contributed by atoms with Gasteiger partial charge in [0, 0.05) is 4.88 Å². The fraction of sp³-hybridized carbons (Fsp3) is 0.250. The van der Waals surface area contributed by atoms with Gasteiger partial charge in [-0.25, -0.2) is 4.79 Å². The molecule has 1 atom stereocenters. The number of carbonyl (C=O) groups is 2. The number of carboxylic acids is 1. The fourth-order valence-electron chi connectivity index (χ4n) is 2.41. The summed E-state index contributed by atoms with van der Waals surface area (Å²) < 4.78 is 10.2. The van der Waals surface area contributed by atoms with Crippen molar-refractivity contribution in [3.63, 3.8) is 0 Å². The van der Waals surface area contributed by atoms with Gasteiger partial charge in [-0.15, -0.1) is 11.3 Å². The lowest BCUT2D eigenvalue weighted by Crippen LogP contribution is -2.27. The van der Waals surface area contributed by atoms with Gasteiger partial charge in [0.05, 0.1) is 13.0 Å². The molecule has 0 bridgehead atoms. The molecule has 2 aromatic rings. The predicted octanol–water partition coefficient (Wildman–Crippen LogP) is 2.84. The van der Waals surface area contributed by atoms with E-state index in [9.17, 15) is 9.59 Å². The molecular weight excluding hydrogens is 304 g/mol. The topological polar surface area (TPSA) is 72.8 Å². The molecule has 3 rings (SSSR count). The van der Waals surface area contributed by atoms with Crippen molar-refractivity contribution in [2.75, 3.05) is 13.7 Å². The van der Waals surface area contributed by atoms with Gasteiger partial charge < -0.3 is 14.6 Å². The van der Waals surface area contributed by atoms with Crippen molar-refractivity contribution in [1.82, 2.24) is 0 Å². The lowest BCUT2D eigenvalue weighted by Gasteiger charge is -2.22. The Morgan fingerprint density at radius 3 is 2.86 bits per heavy atom. The van der Waals surface area contributed by atoms with E-state index in [1.807, 2.05) is 24.3 Å². The Morgan fingerprint density at radius 2 is 2.14 bits per heavy atom. The Labute approximate surface area is 131 Å². The van der Waals surface area contributed by atoms with E-state index >= 15 is 0 Å². The van der Waals surface area contributed by atoms with Crippen molar-refractivity contribution >= 4 is 23.3 Å². The molecule has 1 aliphatic rings. The third-order valence-corrected chi connectivity index (χ3v) is 4.71. The average molecular weight is 318 g/mol. The number of hydrogen-bond donors (Lipinski definition) is 1. The van der Waals surface area contributed by atoms with Gasteiger partial charge in [0.1, 0.15) is 17.2 Å². The second kappa shape index (κ2) is 5.81. The molecule has 1 N–H and O–H groups in total. The minimum absolute atomic E-state index is 0.202. The van der Waals surface area contributed by atoms with Crippen molar-refractivity contribution in [3.05, 3.63) is 40.8 Å². The summed E-state index contributed by atoms with van der Waals surface area (Å²) in [7, 11) is 1.35. The Hall–Kier alpha value is -2.34. The molecule has 1 unspecified atom stereocenters. The van der Waals surface area contributed by atoms with E-state index in [4.69, 9.17) is 14.6 Å². The first-order chi connectivity index (χ1) is 10.6. The molecule has 0 spiro atoms. The lowest BCUT2D eigenvalue weighted by atomic mass is 9.95. The van der Waals surface area contributed by atoms with E-state index in [-0.39, 0.29) is 12.6 Å². The number of rotatable bonds is 3. The van der Waals surface area contributed by atoms with Gasteiger partial charge in [0.2, 0.25) is 0 Å². The molecular formula is C16H14O5S. The van der Waals surface area contributed by atoms with E-state index in [0.717, 1.165) is 21.8 Å². The maximum Gasteiger partial charge on any atom is 0.348 e. The largest absolute Gasteiger partial charge is 0.492 e. The quantitative estimate of drug-likeness (QED) is 0.881. The molecule has 22 heavy (non-hydrogen) atoms. The van der Waals surface area contributed by atoms with E-state index in [1.54, 1.807) is 6.07 Å². The number of hydrogen-bond acceptors (Lipinski definition) is 5. The van der Waals surface area contributed by atoms with E-state index in [1.165, 1.54) is 18.4 Å². The molecule has 0 radical (unpaired) electrons. The Kier molecular flexibility index (Phi) is 3.85. The summed E-state index contributed by atoms with van der Waals surface area (Å²) in [5, 5.41) is 9.11. The highest BCUT2D eigenvalue weighted by Gasteiger charge is 2.26. The average Bonchev–Trinajstić information content (AvgIpc) is 3.03. The molecule has 0 fully saturated rings. The minimum Gasteiger partial charge on any atom is -0.492 e. The number of carbonyl (C=O) groups excluding carboxylic acids is 1. The molecule has 5 nitrogen and oxygen atoms in total. The molecule has 0 saturated heterocycles. The number of aliphatic carboxylic acids is 1. The highest BCUT2D eigenvalue weighted by molar-refractivity contribution is 7.17. The summed E-state index contributed by atoms with van der Waals surface area (Å²) >= 11 is 1.34. The lowest BCUT2D eigenvalue weighted by molar-refractivity contribution is -0.143. The second-order valence-corrected chi connectivity index (χ2v) is 6.11. The maximum atomic E-state index is 11.5. The normalized spacial score (nSPS) is 16.5. The summed E-state index contributed by atoms with van der Waals surface area (Å²) in [6, 6.07) is 9.27. The standard InChI is InChI=1S/C16H14O5S/c1-20-16(19)14-5-4-13(22-14)9-2-3-12-10(6-9)7-11(8-21-12)15(17)18/h2-6,11H,7-8H2,1H3,(H,17,18). The zero-order chi connectivity index (χ0) is 15.7. The number of methoxy groups -OCH3 is 1. The van der Waals surface area contributed by atoms with Gasteiger partial charge in [0.15, 0.2) is 0 Å². The first-order valence-electron chi connectivity index (χ1n) is 6.75. The van der Waals surface area contributed by atoms with Crippen LogP contribution in [0.25, 0.3) is 10.4 Å². The smallest absolute Gasteiger partial charge is 0.348 e. The van der Waals surface area contributed by atoms with E-state index in [2.05, 4.69) is 0 Å². The summed E-state index contributed by atoms with van der Waals surface area (Å²) in [6.45, 7) is 0.202.